The minimum absolute atomic E-state index is 0.560. The fourth-order valence-electron chi connectivity index (χ4n) is 2.37. The van der Waals surface area contributed by atoms with Gasteiger partial charge in [-0.05, 0) is 24.7 Å². The number of hydrogen-bond acceptors (Lipinski definition) is 4. The fourth-order valence-corrected chi connectivity index (χ4v) is 2.37. The highest BCUT2D eigenvalue weighted by atomic mass is 16.5. The lowest BCUT2D eigenvalue weighted by Gasteiger charge is -2.08. The molecule has 0 bridgehead atoms. The zero-order valence-corrected chi connectivity index (χ0v) is 11.3. The lowest BCUT2D eigenvalue weighted by Crippen LogP contribution is -2.06. The summed E-state index contributed by atoms with van der Waals surface area (Å²) in [4.78, 5) is 8.92. The number of nitrogens with two attached hydrogens (primary N) is 1. The van der Waals surface area contributed by atoms with Crippen LogP contribution in [0.5, 0.6) is 5.75 Å². The van der Waals surface area contributed by atoms with Crippen LogP contribution in [0.4, 0.5) is 0 Å². The molecule has 0 aliphatic rings. The molecule has 0 saturated carbocycles. The maximum absolute atomic E-state index is 5.74. The van der Waals surface area contributed by atoms with Crippen LogP contribution >= 0.6 is 0 Å². The summed E-state index contributed by atoms with van der Waals surface area (Å²) in [6.45, 7) is 0.560. The van der Waals surface area contributed by atoms with E-state index in [0.717, 1.165) is 29.1 Å². The third kappa shape index (κ3) is 2.02. The first-order chi connectivity index (χ1) is 9.85. The second-order valence-corrected chi connectivity index (χ2v) is 4.44. The highest BCUT2D eigenvalue weighted by Gasteiger charge is 2.16. The first-order valence-electron chi connectivity index (χ1n) is 6.50. The monoisotopic (exact) mass is 268 g/mol. The van der Waals surface area contributed by atoms with Crippen molar-refractivity contribution in [3.63, 3.8) is 0 Å². The Morgan fingerprint density at radius 1 is 1.25 bits per heavy atom. The molecule has 2 heterocycles. The number of nitrogens with zero attached hydrogens (tertiary/aromatic N) is 3. The SMILES string of the molecule is COc1ccccc1-c1nc2ncccn2c1CCN. The van der Waals surface area contributed by atoms with Crippen molar-refractivity contribution in [3.05, 3.63) is 48.4 Å². The van der Waals surface area contributed by atoms with Crippen molar-refractivity contribution in [1.29, 1.82) is 0 Å². The van der Waals surface area contributed by atoms with Crippen LogP contribution in [0.25, 0.3) is 17.0 Å². The van der Waals surface area contributed by atoms with Gasteiger partial charge in [0.2, 0.25) is 5.78 Å². The van der Waals surface area contributed by atoms with Crippen molar-refractivity contribution in [2.75, 3.05) is 13.7 Å². The van der Waals surface area contributed by atoms with E-state index in [2.05, 4.69) is 9.97 Å². The van der Waals surface area contributed by atoms with Crippen LogP contribution in [0.2, 0.25) is 0 Å². The molecule has 0 aliphatic heterocycles. The molecule has 0 radical (unpaired) electrons. The number of rotatable bonds is 4. The van der Waals surface area contributed by atoms with Crippen molar-refractivity contribution in [3.8, 4) is 17.0 Å². The first kappa shape index (κ1) is 12.6. The van der Waals surface area contributed by atoms with Gasteiger partial charge in [-0.1, -0.05) is 12.1 Å². The largest absolute Gasteiger partial charge is 0.496 e. The van der Waals surface area contributed by atoms with Gasteiger partial charge >= 0.3 is 0 Å². The maximum atomic E-state index is 5.74. The molecule has 102 valence electrons. The summed E-state index contributed by atoms with van der Waals surface area (Å²) in [5.41, 5.74) is 8.63. The van der Waals surface area contributed by atoms with E-state index in [0.29, 0.717) is 12.3 Å². The molecular formula is C15H16N4O. The Kier molecular flexibility index (Phi) is 3.35. The van der Waals surface area contributed by atoms with Crippen molar-refractivity contribution in [2.45, 2.75) is 6.42 Å². The van der Waals surface area contributed by atoms with Gasteiger partial charge in [0.1, 0.15) is 5.75 Å². The maximum Gasteiger partial charge on any atom is 0.234 e. The summed E-state index contributed by atoms with van der Waals surface area (Å²) < 4.78 is 7.41. The Bertz CT molecular complexity index is 736. The van der Waals surface area contributed by atoms with Gasteiger partial charge in [0.15, 0.2) is 0 Å². The lowest BCUT2D eigenvalue weighted by molar-refractivity contribution is 0.416. The van der Waals surface area contributed by atoms with Crippen molar-refractivity contribution in [2.24, 2.45) is 5.73 Å². The van der Waals surface area contributed by atoms with E-state index in [1.807, 2.05) is 40.9 Å². The molecule has 0 fully saturated rings. The van der Waals surface area contributed by atoms with E-state index in [-0.39, 0.29) is 0 Å². The number of ether oxygens (including phenoxy) is 1. The number of para-hydroxylation sites is 1. The van der Waals surface area contributed by atoms with Crippen LogP contribution in [0.1, 0.15) is 5.69 Å². The van der Waals surface area contributed by atoms with E-state index in [4.69, 9.17) is 10.5 Å². The van der Waals surface area contributed by atoms with E-state index in [1.54, 1.807) is 13.3 Å². The molecule has 20 heavy (non-hydrogen) atoms. The Balaban J connectivity index is 2.27. The Labute approximate surface area is 117 Å². The number of methoxy groups -OCH3 is 1. The minimum Gasteiger partial charge on any atom is -0.496 e. The van der Waals surface area contributed by atoms with Gasteiger partial charge in [-0.3, -0.25) is 4.40 Å². The molecule has 0 spiro atoms. The second kappa shape index (κ2) is 5.30. The van der Waals surface area contributed by atoms with E-state index in [1.165, 1.54) is 0 Å². The number of aromatic nitrogens is 3. The Morgan fingerprint density at radius 2 is 2.10 bits per heavy atom. The van der Waals surface area contributed by atoms with Gasteiger partial charge in [0, 0.05) is 24.4 Å². The number of hydrogen-bond donors (Lipinski definition) is 1. The van der Waals surface area contributed by atoms with Crippen LogP contribution in [-0.2, 0) is 6.42 Å². The first-order valence-corrected chi connectivity index (χ1v) is 6.50. The van der Waals surface area contributed by atoms with Crippen LogP contribution in [-0.4, -0.2) is 28.0 Å². The molecular weight excluding hydrogens is 252 g/mol. The molecule has 2 N–H and O–H groups in total. The van der Waals surface area contributed by atoms with E-state index >= 15 is 0 Å². The summed E-state index contributed by atoms with van der Waals surface area (Å²) in [7, 11) is 1.66. The molecule has 0 atom stereocenters. The van der Waals surface area contributed by atoms with Gasteiger partial charge in [0.05, 0.1) is 18.5 Å². The minimum atomic E-state index is 0.560. The summed E-state index contributed by atoms with van der Waals surface area (Å²) >= 11 is 0. The molecule has 3 aromatic rings. The molecule has 3 rings (SSSR count). The summed E-state index contributed by atoms with van der Waals surface area (Å²) in [6, 6.07) is 9.74. The summed E-state index contributed by atoms with van der Waals surface area (Å²) in [5.74, 6) is 1.48. The summed E-state index contributed by atoms with van der Waals surface area (Å²) in [6.07, 6.45) is 4.43. The highest BCUT2D eigenvalue weighted by molar-refractivity contribution is 5.71. The van der Waals surface area contributed by atoms with Crippen LogP contribution in [0.3, 0.4) is 0 Å². The fraction of sp³-hybridized carbons (Fsp3) is 0.200. The second-order valence-electron chi connectivity index (χ2n) is 4.44. The number of imidazole rings is 1. The molecule has 0 saturated heterocycles. The molecule has 1 aromatic carbocycles. The topological polar surface area (TPSA) is 65.4 Å². The summed E-state index contributed by atoms with van der Waals surface area (Å²) in [5, 5.41) is 0. The third-order valence-electron chi connectivity index (χ3n) is 3.25. The average Bonchev–Trinajstić information content (AvgIpc) is 2.86. The Hall–Kier alpha value is -2.40. The van der Waals surface area contributed by atoms with Crippen LogP contribution < -0.4 is 10.5 Å². The average molecular weight is 268 g/mol. The molecule has 0 unspecified atom stereocenters. The van der Waals surface area contributed by atoms with Gasteiger partial charge in [-0.25, -0.2) is 9.97 Å². The van der Waals surface area contributed by atoms with Crippen LogP contribution in [0.15, 0.2) is 42.7 Å². The van der Waals surface area contributed by atoms with Gasteiger partial charge in [-0.2, -0.15) is 0 Å². The van der Waals surface area contributed by atoms with Gasteiger partial charge in [-0.15, -0.1) is 0 Å². The van der Waals surface area contributed by atoms with Gasteiger partial charge < -0.3 is 10.5 Å². The van der Waals surface area contributed by atoms with Crippen molar-refractivity contribution in [1.82, 2.24) is 14.4 Å². The van der Waals surface area contributed by atoms with Crippen molar-refractivity contribution >= 4 is 5.78 Å². The number of fused-ring (bicyclic) bond motifs is 1. The lowest BCUT2D eigenvalue weighted by atomic mass is 10.1. The van der Waals surface area contributed by atoms with Crippen molar-refractivity contribution < 1.29 is 4.74 Å². The third-order valence-corrected chi connectivity index (χ3v) is 3.25. The molecule has 0 aliphatic carbocycles. The predicted molar refractivity (Wildman–Crippen MR) is 77.7 cm³/mol. The molecule has 5 nitrogen and oxygen atoms in total. The highest BCUT2D eigenvalue weighted by Crippen LogP contribution is 2.31. The molecule has 2 aromatic heterocycles. The Morgan fingerprint density at radius 3 is 2.90 bits per heavy atom. The normalized spacial score (nSPS) is 10.9. The van der Waals surface area contributed by atoms with E-state index < -0.39 is 0 Å². The van der Waals surface area contributed by atoms with Gasteiger partial charge in [0.25, 0.3) is 0 Å². The standard InChI is InChI=1S/C15H16N4O/c1-20-13-6-3-2-5-11(13)14-12(7-8-16)19-10-4-9-17-15(19)18-14/h2-6,9-10H,7-8,16H2,1H3. The quantitative estimate of drug-likeness (QED) is 0.785. The predicted octanol–water partition coefficient (Wildman–Crippen LogP) is 1.91. The zero-order valence-electron chi connectivity index (χ0n) is 11.3. The zero-order chi connectivity index (χ0) is 13.9. The smallest absolute Gasteiger partial charge is 0.234 e. The number of benzene rings is 1. The molecule has 5 heteroatoms. The van der Waals surface area contributed by atoms with E-state index in [9.17, 15) is 0 Å². The molecule has 0 amide bonds. The van der Waals surface area contributed by atoms with Crippen LogP contribution in [0, 0.1) is 0 Å².